The van der Waals surface area contributed by atoms with Gasteiger partial charge in [0.05, 0.1) is 57.8 Å². The summed E-state index contributed by atoms with van der Waals surface area (Å²) < 4.78 is 1.20. The summed E-state index contributed by atoms with van der Waals surface area (Å²) in [6.45, 7) is 25.4. The van der Waals surface area contributed by atoms with Crippen molar-refractivity contribution in [3.05, 3.63) is 207 Å². The number of terminal acetylenes is 2. The zero-order valence-corrected chi connectivity index (χ0v) is 53.5. The second kappa shape index (κ2) is 22.2. The van der Waals surface area contributed by atoms with Crippen LogP contribution in [0.1, 0.15) is 183 Å². The number of nitriles is 3. The molecule has 4 aromatic heterocycles. The van der Waals surface area contributed by atoms with Crippen LogP contribution in [0.4, 0.5) is 0 Å². The molecule has 0 bridgehead atoms. The number of aryl methyl sites for hydroxylation is 3. The number of carbonyl (C=O) groups is 3. The number of benzene rings is 6. The Kier molecular flexibility index (Phi) is 15.5. The quantitative estimate of drug-likeness (QED) is 0.0754. The molecule has 86 heavy (non-hydrogen) atoms. The van der Waals surface area contributed by atoms with Crippen molar-refractivity contribution in [1.29, 1.82) is 15.8 Å². The van der Waals surface area contributed by atoms with E-state index in [1.165, 1.54) is 9.13 Å². The topological polar surface area (TPSA) is 212 Å². The highest BCUT2D eigenvalue weighted by molar-refractivity contribution is 14.1. The molecule has 426 valence electrons. The number of aromatic amines is 4. The number of carbonyl (C=O) groups excluding carboxylic acids is 3. The first-order valence-electron chi connectivity index (χ1n) is 28.6. The molecule has 0 saturated carbocycles. The van der Waals surface area contributed by atoms with Crippen LogP contribution in [0.3, 0.4) is 0 Å². The number of ketones is 3. The molecule has 12 nitrogen and oxygen atoms in total. The van der Waals surface area contributed by atoms with E-state index in [1.54, 1.807) is 36.5 Å². The molecule has 0 unspecified atom stereocenters. The summed E-state index contributed by atoms with van der Waals surface area (Å²) >= 11 is 2.36. The van der Waals surface area contributed by atoms with E-state index in [9.17, 15) is 19.6 Å². The van der Waals surface area contributed by atoms with Crippen molar-refractivity contribution < 1.29 is 14.4 Å². The second-order valence-corrected chi connectivity index (χ2v) is 30.6. The molecule has 3 aliphatic rings. The Morgan fingerprint density at radius 2 is 0.895 bits per heavy atom. The van der Waals surface area contributed by atoms with Gasteiger partial charge in [-0.25, -0.2) is 0 Å². The molecule has 0 atom stereocenters. The Labute approximate surface area is 516 Å². The van der Waals surface area contributed by atoms with Gasteiger partial charge < -0.3 is 15.0 Å². The summed E-state index contributed by atoms with van der Waals surface area (Å²) in [5.74, 6) is 2.87. The van der Waals surface area contributed by atoms with E-state index in [4.69, 9.17) is 23.4 Å². The number of nitrogens with zero attached hydrogens (tertiary/aromatic N) is 5. The van der Waals surface area contributed by atoms with Gasteiger partial charge in [-0.05, 0) is 148 Å². The van der Waals surface area contributed by atoms with Gasteiger partial charge in [0, 0.05) is 97.4 Å². The van der Waals surface area contributed by atoms with Gasteiger partial charge in [0.25, 0.3) is 0 Å². The van der Waals surface area contributed by atoms with Crippen molar-refractivity contribution in [2.45, 2.75) is 117 Å². The van der Waals surface area contributed by atoms with E-state index < -0.39 is 13.5 Å². The van der Waals surface area contributed by atoms with Gasteiger partial charge in [0.15, 0.2) is 17.3 Å². The highest BCUT2D eigenvalue weighted by atomic mass is 127. The summed E-state index contributed by atoms with van der Waals surface area (Å²) in [5.41, 5.74) is 21.9. The standard InChI is InChI=1S/C23H19N5O.C23H18N2O.C21H17IN2O.C5H10Si/c1-4-13-8-16-17(9-15(13)19-11-25-28-27-19)23(2,3)22-20(21(16)29)14-6-5-12(10-24)7-18(14)26-22;1-5-14-10-17-18(11-15(14)6-2)23(3,4)22-20(21(17)26)16-8-7-13(12-24)9-19(16)25-22;1-4-12-8-14-15(9-16(12)22)21(2,3)20-18(19(14)25)13-6-5-11(10-23)7-17(13)24-20;1-5-6(2,3)4/h5-9,11,26H,4H2,1-3H3,(H,25,27,28);2,7-11,25H,5H2,1,3-4H3;5-9,24H,4H2,1-3H3;1H,2-4H3. The third kappa shape index (κ3) is 9.95. The Bertz CT molecular complexity index is 4750. The normalized spacial score (nSPS) is 14.3. The number of hydrogen-bond donors (Lipinski definition) is 4. The molecule has 14 heteroatoms. The third-order valence-electron chi connectivity index (χ3n) is 17.2. The lowest BCUT2D eigenvalue weighted by Gasteiger charge is -2.33. The molecule has 4 N–H and O–H groups in total. The van der Waals surface area contributed by atoms with Gasteiger partial charge in [-0.1, -0.05) is 106 Å². The lowest BCUT2D eigenvalue weighted by molar-refractivity contribution is 0.102. The van der Waals surface area contributed by atoms with Crippen molar-refractivity contribution in [3.8, 4) is 53.8 Å². The van der Waals surface area contributed by atoms with E-state index in [2.05, 4.69) is 176 Å². The van der Waals surface area contributed by atoms with Crippen LogP contribution in [0.2, 0.25) is 19.6 Å². The average molecular weight is 1260 g/mol. The summed E-state index contributed by atoms with van der Waals surface area (Å²) in [6.07, 6.45) is 15.0. The van der Waals surface area contributed by atoms with E-state index in [-0.39, 0.29) is 28.2 Å². The van der Waals surface area contributed by atoms with Crippen LogP contribution in [0, 0.1) is 61.9 Å². The van der Waals surface area contributed by atoms with Crippen LogP contribution >= 0.6 is 22.6 Å². The first-order chi connectivity index (χ1) is 40.8. The number of aromatic nitrogens is 6. The number of rotatable bonds is 4. The lowest BCUT2D eigenvalue weighted by Crippen LogP contribution is -2.30. The van der Waals surface area contributed by atoms with Gasteiger partial charge >= 0.3 is 0 Å². The van der Waals surface area contributed by atoms with Crippen LogP contribution < -0.4 is 0 Å². The molecule has 4 heterocycles. The largest absolute Gasteiger partial charge is 0.357 e. The third-order valence-corrected chi connectivity index (χ3v) is 19.1. The number of nitrogens with one attached hydrogen (secondary N) is 4. The highest BCUT2D eigenvalue weighted by Gasteiger charge is 2.43. The molecule has 0 radical (unpaired) electrons. The van der Waals surface area contributed by atoms with Crippen molar-refractivity contribution >= 4 is 80.7 Å². The highest BCUT2D eigenvalue weighted by Crippen LogP contribution is 2.48. The smallest absolute Gasteiger partial charge is 0.195 e. The fourth-order valence-corrected chi connectivity index (χ4v) is 13.2. The summed E-state index contributed by atoms with van der Waals surface area (Å²) in [5, 5.41) is 41.0. The average Bonchev–Trinajstić information content (AvgIpc) is 1.53. The maximum absolute atomic E-state index is 13.6. The maximum atomic E-state index is 13.6. The summed E-state index contributed by atoms with van der Waals surface area (Å²) in [6, 6.07) is 35.1. The fourth-order valence-electron chi connectivity index (χ4n) is 12.3. The van der Waals surface area contributed by atoms with Crippen molar-refractivity contribution in [2.75, 3.05) is 0 Å². The Morgan fingerprint density at radius 3 is 1.24 bits per heavy atom. The fraction of sp³-hybridized carbons (Fsp3) is 0.250. The molecular formula is C72H64IN9O3Si. The zero-order chi connectivity index (χ0) is 62.1. The lowest BCUT2D eigenvalue weighted by atomic mass is 9.70. The van der Waals surface area contributed by atoms with Crippen molar-refractivity contribution in [3.63, 3.8) is 0 Å². The number of halogens is 1. The molecule has 13 rings (SSSR count). The minimum Gasteiger partial charge on any atom is -0.357 e. The SMILES string of the molecule is C#C[Si](C)(C)C.C#Cc1cc2c(cc1CC)C(=O)c1c([nH]c3cc(C#N)ccc13)C2(C)C.CCc1cc2c(cc1-c1cn[nH]n1)C(C)(C)c1[nH]c3cc(C#N)ccc3c1C2=O.CCc1cc2c(cc1I)C(C)(C)c1[nH]c3cc(C#N)ccc3c1C2=O. The predicted octanol–water partition coefficient (Wildman–Crippen LogP) is 15.3. The monoisotopic (exact) mass is 1260 g/mol. The number of fused-ring (bicyclic) bond motifs is 12. The Morgan fingerprint density at radius 1 is 0.523 bits per heavy atom. The summed E-state index contributed by atoms with van der Waals surface area (Å²) in [4.78, 5) is 50.5. The van der Waals surface area contributed by atoms with Crippen LogP contribution in [-0.2, 0) is 35.5 Å². The predicted molar refractivity (Wildman–Crippen MR) is 351 cm³/mol. The van der Waals surface area contributed by atoms with Crippen LogP contribution in [0.25, 0.3) is 44.0 Å². The Balaban J connectivity index is 0.000000137. The molecule has 0 spiro atoms. The molecule has 10 aromatic rings. The molecule has 6 aromatic carbocycles. The minimum absolute atomic E-state index is 0.0172. The number of H-pyrrole nitrogens is 4. The molecule has 0 aliphatic heterocycles. The Hall–Kier alpha value is -9.37. The molecule has 0 saturated heterocycles. The van der Waals surface area contributed by atoms with Gasteiger partial charge in [0.2, 0.25) is 0 Å². The van der Waals surface area contributed by atoms with Gasteiger partial charge in [-0.3, -0.25) is 14.4 Å². The zero-order valence-electron chi connectivity index (χ0n) is 50.4. The minimum atomic E-state index is -1.10. The van der Waals surface area contributed by atoms with Gasteiger partial charge in [-0.2, -0.15) is 31.2 Å². The van der Waals surface area contributed by atoms with Crippen molar-refractivity contribution in [1.82, 2.24) is 30.4 Å². The van der Waals surface area contributed by atoms with E-state index in [1.807, 2.05) is 49.4 Å². The molecular weight excluding hydrogens is 1190 g/mol. The molecule has 0 amide bonds. The van der Waals surface area contributed by atoms with Gasteiger partial charge in [-0.15, -0.1) is 18.4 Å². The van der Waals surface area contributed by atoms with Crippen molar-refractivity contribution in [2.24, 2.45) is 0 Å². The first kappa shape index (κ1) is 59.8. The van der Waals surface area contributed by atoms with E-state index in [0.717, 1.165) is 136 Å². The number of hydrogen-bond acceptors (Lipinski definition) is 8. The van der Waals surface area contributed by atoms with Crippen LogP contribution in [-0.4, -0.2) is 55.8 Å². The van der Waals surface area contributed by atoms with E-state index >= 15 is 0 Å². The van der Waals surface area contributed by atoms with Crippen LogP contribution in [0.5, 0.6) is 0 Å². The summed E-state index contributed by atoms with van der Waals surface area (Å²) in [7, 11) is -1.10. The van der Waals surface area contributed by atoms with Crippen LogP contribution in [0.15, 0.2) is 97.2 Å². The van der Waals surface area contributed by atoms with E-state index in [0.29, 0.717) is 27.8 Å². The van der Waals surface area contributed by atoms with Gasteiger partial charge in [0.1, 0.15) is 13.8 Å². The molecule has 0 fully saturated rings. The second-order valence-electron chi connectivity index (χ2n) is 24.7. The molecule has 3 aliphatic carbocycles. The first-order valence-corrected chi connectivity index (χ1v) is 33.2. The maximum Gasteiger partial charge on any atom is 0.195 e.